The van der Waals surface area contributed by atoms with E-state index in [4.69, 9.17) is 9.47 Å². The van der Waals surface area contributed by atoms with E-state index < -0.39 is 41.8 Å². The number of carbonyl (C=O) groups is 3. The van der Waals surface area contributed by atoms with Crippen molar-refractivity contribution < 1.29 is 29.0 Å². The highest BCUT2D eigenvalue weighted by atomic mass is 16.6. The normalized spacial score (nSPS) is 19.9. The van der Waals surface area contributed by atoms with E-state index >= 15 is 0 Å². The quantitative estimate of drug-likeness (QED) is 0.534. The number of hydrogen-bond donors (Lipinski definition) is 2. The third-order valence-electron chi connectivity index (χ3n) is 4.72. The lowest BCUT2D eigenvalue weighted by molar-refractivity contribution is -0.151. The smallest absolute Gasteiger partial charge is 0.408 e. The average molecular weight is 413 g/mol. The van der Waals surface area contributed by atoms with Gasteiger partial charge in [0.1, 0.15) is 17.7 Å². The number of hydrogen-bond acceptors (Lipinski definition) is 5. The first-order valence-corrected chi connectivity index (χ1v) is 10.3. The van der Waals surface area contributed by atoms with Crippen LogP contribution in [-0.4, -0.2) is 64.4 Å². The maximum Gasteiger partial charge on any atom is 0.408 e. The van der Waals surface area contributed by atoms with Crippen molar-refractivity contribution in [3.05, 3.63) is 12.7 Å². The van der Waals surface area contributed by atoms with Gasteiger partial charge in [-0.05, 0) is 59.8 Å². The Hall–Kier alpha value is -2.09. The van der Waals surface area contributed by atoms with Gasteiger partial charge < -0.3 is 24.8 Å². The summed E-state index contributed by atoms with van der Waals surface area (Å²) in [5, 5.41) is 12.1. The second kappa shape index (κ2) is 11.2. The number of likely N-dealkylation sites (tertiary alicyclic amines) is 1. The summed E-state index contributed by atoms with van der Waals surface area (Å²) in [7, 11) is 0. The Kier molecular flexibility index (Phi) is 9.62. The molecule has 0 saturated carbocycles. The third-order valence-corrected chi connectivity index (χ3v) is 4.72. The number of carboxylic acids is 1. The molecule has 4 atom stereocenters. The molecule has 8 nitrogen and oxygen atoms in total. The molecule has 1 fully saturated rings. The molecule has 1 saturated heterocycles. The van der Waals surface area contributed by atoms with E-state index in [9.17, 15) is 19.5 Å². The SMILES string of the molecule is C=CCCC(C)OC(CC)C(NC(=O)OC(C)(C)C)C(=O)N1CCCC1C(=O)O. The average Bonchev–Trinajstić information content (AvgIpc) is 3.10. The summed E-state index contributed by atoms with van der Waals surface area (Å²) in [6.45, 7) is 13.0. The zero-order valence-electron chi connectivity index (χ0n) is 18.3. The summed E-state index contributed by atoms with van der Waals surface area (Å²) in [4.78, 5) is 38.5. The van der Waals surface area contributed by atoms with Gasteiger partial charge in [0.05, 0.1) is 12.2 Å². The number of ether oxygens (including phenoxy) is 2. The zero-order chi connectivity index (χ0) is 22.2. The first-order chi connectivity index (χ1) is 13.5. The van der Waals surface area contributed by atoms with E-state index in [0.29, 0.717) is 25.8 Å². The van der Waals surface area contributed by atoms with Crippen LogP contribution in [0.2, 0.25) is 0 Å². The molecule has 0 aromatic heterocycles. The van der Waals surface area contributed by atoms with Crippen LogP contribution in [0.3, 0.4) is 0 Å². The van der Waals surface area contributed by atoms with E-state index in [1.54, 1.807) is 26.8 Å². The van der Waals surface area contributed by atoms with Crippen LogP contribution >= 0.6 is 0 Å². The molecule has 4 unspecified atom stereocenters. The number of aliphatic carboxylic acids is 1. The topological polar surface area (TPSA) is 105 Å². The van der Waals surface area contributed by atoms with E-state index in [2.05, 4.69) is 11.9 Å². The Morgan fingerprint density at radius 2 is 2.00 bits per heavy atom. The maximum atomic E-state index is 13.3. The van der Waals surface area contributed by atoms with Crippen molar-refractivity contribution in [2.75, 3.05) is 6.54 Å². The van der Waals surface area contributed by atoms with E-state index in [0.717, 1.165) is 12.8 Å². The summed E-state index contributed by atoms with van der Waals surface area (Å²) in [5.74, 6) is -1.50. The van der Waals surface area contributed by atoms with Crippen LogP contribution < -0.4 is 5.32 Å². The number of allylic oxidation sites excluding steroid dienone is 1. The number of amides is 2. The summed E-state index contributed by atoms with van der Waals surface area (Å²) in [6, 6.07) is -1.91. The number of nitrogens with one attached hydrogen (secondary N) is 1. The predicted molar refractivity (Wildman–Crippen MR) is 110 cm³/mol. The molecule has 1 rings (SSSR count). The van der Waals surface area contributed by atoms with Gasteiger partial charge in [0, 0.05) is 6.54 Å². The van der Waals surface area contributed by atoms with Crippen LogP contribution in [0.15, 0.2) is 12.7 Å². The van der Waals surface area contributed by atoms with Gasteiger partial charge in [-0.15, -0.1) is 6.58 Å². The Labute approximate surface area is 173 Å². The van der Waals surface area contributed by atoms with E-state index in [-0.39, 0.29) is 6.10 Å². The molecule has 0 aliphatic carbocycles. The van der Waals surface area contributed by atoms with Crippen molar-refractivity contribution in [3.8, 4) is 0 Å². The lowest BCUT2D eigenvalue weighted by Gasteiger charge is -2.33. The van der Waals surface area contributed by atoms with Crippen molar-refractivity contribution in [1.82, 2.24) is 10.2 Å². The molecule has 0 bridgehead atoms. The minimum absolute atomic E-state index is 0.150. The molecule has 166 valence electrons. The second-order valence-electron chi connectivity index (χ2n) is 8.41. The van der Waals surface area contributed by atoms with E-state index in [1.807, 2.05) is 13.8 Å². The first kappa shape index (κ1) is 24.9. The summed E-state index contributed by atoms with van der Waals surface area (Å²) < 4.78 is 11.4. The van der Waals surface area contributed by atoms with E-state index in [1.165, 1.54) is 4.90 Å². The summed E-state index contributed by atoms with van der Waals surface area (Å²) in [6.07, 6.45) is 3.27. The minimum Gasteiger partial charge on any atom is -0.480 e. The van der Waals surface area contributed by atoms with Crippen molar-refractivity contribution in [3.63, 3.8) is 0 Å². The molecule has 2 amide bonds. The molecule has 0 radical (unpaired) electrons. The molecule has 0 aromatic carbocycles. The van der Waals surface area contributed by atoms with Crippen molar-refractivity contribution in [2.45, 2.75) is 96.6 Å². The molecular weight excluding hydrogens is 376 g/mol. The van der Waals surface area contributed by atoms with Gasteiger partial charge in [-0.2, -0.15) is 0 Å². The van der Waals surface area contributed by atoms with Gasteiger partial charge in [0.2, 0.25) is 5.91 Å². The highest BCUT2D eigenvalue weighted by Gasteiger charge is 2.41. The third kappa shape index (κ3) is 8.04. The fraction of sp³-hybridized carbons (Fsp3) is 0.762. The Balaban J connectivity index is 3.05. The molecule has 1 aliphatic rings. The Morgan fingerprint density at radius 3 is 2.52 bits per heavy atom. The van der Waals surface area contributed by atoms with Gasteiger partial charge >= 0.3 is 12.1 Å². The zero-order valence-corrected chi connectivity index (χ0v) is 18.3. The standard InChI is InChI=1S/C21H36N2O6/c1-7-9-11-14(3)28-16(8-2)17(22-20(27)29-21(4,5)6)18(24)23-13-10-12-15(23)19(25)26/h7,14-17H,1,8-13H2,2-6H3,(H,22,27)(H,25,26). The van der Waals surface area contributed by atoms with Crippen LogP contribution in [0.1, 0.15) is 66.7 Å². The predicted octanol–water partition coefficient (Wildman–Crippen LogP) is 3.11. The van der Waals surface area contributed by atoms with Crippen LogP contribution in [0.25, 0.3) is 0 Å². The molecule has 1 heterocycles. The second-order valence-corrected chi connectivity index (χ2v) is 8.41. The molecule has 8 heteroatoms. The number of nitrogens with zero attached hydrogens (tertiary/aromatic N) is 1. The van der Waals surface area contributed by atoms with Gasteiger partial charge in [-0.1, -0.05) is 13.0 Å². The van der Waals surface area contributed by atoms with Crippen molar-refractivity contribution in [2.24, 2.45) is 0 Å². The fourth-order valence-electron chi connectivity index (χ4n) is 3.34. The minimum atomic E-state index is -1.04. The number of rotatable bonds is 10. The van der Waals surface area contributed by atoms with Gasteiger partial charge in [-0.3, -0.25) is 4.79 Å². The highest BCUT2D eigenvalue weighted by Crippen LogP contribution is 2.22. The lowest BCUT2D eigenvalue weighted by atomic mass is 10.1. The monoisotopic (exact) mass is 412 g/mol. The maximum absolute atomic E-state index is 13.3. The molecular formula is C21H36N2O6. The summed E-state index contributed by atoms with van der Waals surface area (Å²) in [5.41, 5.74) is -0.727. The van der Waals surface area contributed by atoms with Crippen LogP contribution in [0, 0.1) is 0 Å². The van der Waals surface area contributed by atoms with Crippen molar-refractivity contribution in [1.29, 1.82) is 0 Å². The molecule has 2 N–H and O–H groups in total. The molecule has 0 aromatic rings. The molecule has 29 heavy (non-hydrogen) atoms. The van der Waals surface area contributed by atoms with Gasteiger partial charge in [0.15, 0.2) is 0 Å². The lowest BCUT2D eigenvalue weighted by Crippen LogP contribution is -2.57. The van der Waals surface area contributed by atoms with Gasteiger partial charge in [0.25, 0.3) is 0 Å². The number of alkyl carbamates (subject to hydrolysis) is 1. The largest absolute Gasteiger partial charge is 0.480 e. The Morgan fingerprint density at radius 1 is 1.34 bits per heavy atom. The number of carboxylic acid groups (broad SMARTS) is 1. The Bertz CT molecular complexity index is 586. The summed E-state index contributed by atoms with van der Waals surface area (Å²) >= 11 is 0. The van der Waals surface area contributed by atoms with Crippen LogP contribution in [0.5, 0.6) is 0 Å². The van der Waals surface area contributed by atoms with Crippen LogP contribution in [0.4, 0.5) is 4.79 Å². The molecule has 1 aliphatic heterocycles. The highest BCUT2D eigenvalue weighted by molar-refractivity contribution is 5.90. The fourth-order valence-corrected chi connectivity index (χ4v) is 3.34. The van der Waals surface area contributed by atoms with Crippen LogP contribution in [-0.2, 0) is 19.1 Å². The van der Waals surface area contributed by atoms with Crippen molar-refractivity contribution >= 4 is 18.0 Å². The number of carbonyl (C=O) groups excluding carboxylic acids is 2. The van der Waals surface area contributed by atoms with Gasteiger partial charge in [-0.25, -0.2) is 9.59 Å². The molecule has 0 spiro atoms. The first-order valence-electron chi connectivity index (χ1n) is 10.3.